The van der Waals surface area contributed by atoms with Crippen LogP contribution in [0.3, 0.4) is 0 Å². The molecule has 1 aliphatic rings. The summed E-state index contributed by atoms with van der Waals surface area (Å²) in [5, 5.41) is 0. The fourth-order valence-corrected chi connectivity index (χ4v) is 2.27. The molecular formula is C9H17NO3S. The van der Waals surface area contributed by atoms with Crippen molar-refractivity contribution in [3.8, 4) is 0 Å². The molecule has 0 atom stereocenters. The molecule has 1 fully saturated rings. The molecule has 1 rings (SSSR count). The molecule has 0 aliphatic carbocycles. The van der Waals surface area contributed by atoms with Crippen LogP contribution in [0, 0.1) is 0 Å². The monoisotopic (exact) mass is 219 g/mol. The highest BCUT2D eigenvalue weighted by atomic mass is 32.2. The Morgan fingerprint density at radius 2 is 1.93 bits per heavy atom. The van der Waals surface area contributed by atoms with E-state index in [0.717, 1.165) is 32.2 Å². The third-order valence-electron chi connectivity index (χ3n) is 2.15. The normalized spacial score (nSPS) is 20.6. The quantitative estimate of drug-likeness (QED) is 0.663. The van der Waals surface area contributed by atoms with E-state index in [1.807, 2.05) is 19.2 Å². The average Bonchev–Trinajstić information content (AvgIpc) is 2.06. The smallest absolute Gasteiger partial charge is 0.264 e. The molecule has 0 saturated carbocycles. The van der Waals surface area contributed by atoms with Gasteiger partial charge in [-0.15, -0.1) is 0 Å². The third kappa shape index (κ3) is 4.11. The molecule has 1 heterocycles. The number of piperidine rings is 1. The predicted octanol–water partition coefficient (Wildman–Crippen LogP) is 0.961. The number of nitrogens with zero attached hydrogens (tertiary/aromatic N) is 1. The van der Waals surface area contributed by atoms with Gasteiger partial charge in [-0.05, 0) is 26.0 Å². The lowest BCUT2D eigenvalue weighted by atomic mass is 10.1. The zero-order valence-corrected chi connectivity index (χ0v) is 9.46. The molecule has 5 heteroatoms. The topological polar surface area (TPSA) is 46.6 Å². The summed E-state index contributed by atoms with van der Waals surface area (Å²) < 4.78 is 26.6. The molecule has 0 aromatic carbocycles. The number of rotatable bonds is 3. The van der Waals surface area contributed by atoms with Crippen LogP contribution in [0.5, 0.6) is 0 Å². The Balaban J connectivity index is 2.36. The Bertz CT molecular complexity index is 289. The first kappa shape index (κ1) is 11.5. The maximum absolute atomic E-state index is 10.9. The van der Waals surface area contributed by atoms with Gasteiger partial charge in [0.25, 0.3) is 10.1 Å². The highest BCUT2D eigenvalue weighted by molar-refractivity contribution is 7.86. The van der Waals surface area contributed by atoms with Crippen molar-refractivity contribution in [2.24, 2.45) is 0 Å². The van der Waals surface area contributed by atoms with Crippen LogP contribution in [-0.4, -0.2) is 38.8 Å². The Hall–Kier alpha value is -0.550. The summed E-state index contributed by atoms with van der Waals surface area (Å²) in [5.74, 6) is 0. The zero-order chi connectivity index (χ0) is 10.6. The summed E-state index contributed by atoms with van der Waals surface area (Å²) in [7, 11) is -3.29. The van der Waals surface area contributed by atoms with E-state index in [9.17, 15) is 8.42 Å². The van der Waals surface area contributed by atoms with Crippen LogP contribution in [-0.2, 0) is 14.3 Å². The van der Waals surface area contributed by atoms with Gasteiger partial charge in [-0.1, -0.05) is 6.08 Å². The molecule has 14 heavy (non-hydrogen) atoms. The lowest BCUT2D eigenvalue weighted by molar-refractivity contribution is 0.130. The van der Waals surface area contributed by atoms with E-state index in [1.165, 1.54) is 0 Å². The van der Waals surface area contributed by atoms with E-state index in [4.69, 9.17) is 4.18 Å². The maximum atomic E-state index is 10.9. The van der Waals surface area contributed by atoms with Crippen LogP contribution < -0.4 is 0 Å². The van der Waals surface area contributed by atoms with E-state index < -0.39 is 10.1 Å². The molecular weight excluding hydrogens is 202 g/mol. The van der Waals surface area contributed by atoms with E-state index >= 15 is 0 Å². The van der Waals surface area contributed by atoms with E-state index in [-0.39, 0.29) is 6.10 Å². The van der Waals surface area contributed by atoms with Gasteiger partial charge in [-0.25, -0.2) is 0 Å². The molecule has 0 aromatic rings. The second-order valence-electron chi connectivity index (χ2n) is 3.52. The Labute approximate surface area is 85.7 Å². The second-order valence-corrected chi connectivity index (χ2v) is 5.12. The van der Waals surface area contributed by atoms with E-state index in [0.29, 0.717) is 0 Å². The van der Waals surface area contributed by atoms with Crippen molar-refractivity contribution in [3.05, 3.63) is 12.3 Å². The second kappa shape index (κ2) is 4.79. The number of hydrogen-bond acceptors (Lipinski definition) is 4. The van der Waals surface area contributed by atoms with Gasteiger partial charge in [0.2, 0.25) is 0 Å². The molecule has 82 valence electrons. The summed E-state index contributed by atoms with van der Waals surface area (Å²) in [6.45, 7) is 3.70. The number of hydrogen-bond donors (Lipinski definition) is 0. The van der Waals surface area contributed by atoms with Crippen LogP contribution in [0.15, 0.2) is 12.3 Å². The summed E-state index contributed by atoms with van der Waals surface area (Å²) in [6.07, 6.45) is 6.53. The molecule has 1 aliphatic heterocycles. The fraction of sp³-hybridized carbons (Fsp3) is 0.778. The molecule has 0 N–H and O–H groups in total. The molecule has 0 bridgehead atoms. The standard InChI is InChI=1S/C9H17NO3S/c1-3-6-10-7-4-9(5-8-10)13-14(2,11)12/h3,6,9H,4-5,7-8H2,1-2H3. The molecule has 0 aromatic heterocycles. The van der Waals surface area contributed by atoms with Crippen LogP contribution in [0.25, 0.3) is 0 Å². The summed E-state index contributed by atoms with van der Waals surface area (Å²) >= 11 is 0. The van der Waals surface area contributed by atoms with Gasteiger partial charge in [-0.3, -0.25) is 4.18 Å². The Morgan fingerprint density at radius 1 is 1.36 bits per heavy atom. The van der Waals surface area contributed by atoms with Gasteiger partial charge >= 0.3 is 0 Å². The molecule has 0 spiro atoms. The van der Waals surface area contributed by atoms with Gasteiger partial charge in [0.1, 0.15) is 0 Å². The maximum Gasteiger partial charge on any atom is 0.264 e. The minimum atomic E-state index is -3.29. The third-order valence-corrected chi connectivity index (χ3v) is 2.77. The number of allylic oxidation sites excluding steroid dienone is 1. The lowest BCUT2D eigenvalue weighted by Crippen LogP contribution is -2.34. The van der Waals surface area contributed by atoms with Crippen LogP contribution in [0.4, 0.5) is 0 Å². The van der Waals surface area contributed by atoms with E-state index in [1.54, 1.807) is 0 Å². The average molecular weight is 219 g/mol. The van der Waals surface area contributed by atoms with Gasteiger partial charge in [0.15, 0.2) is 0 Å². The van der Waals surface area contributed by atoms with Gasteiger partial charge in [0.05, 0.1) is 12.4 Å². The summed E-state index contributed by atoms with van der Waals surface area (Å²) in [4.78, 5) is 2.17. The van der Waals surface area contributed by atoms with Crippen molar-refractivity contribution < 1.29 is 12.6 Å². The van der Waals surface area contributed by atoms with Crippen LogP contribution in [0.2, 0.25) is 0 Å². The van der Waals surface area contributed by atoms with Gasteiger partial charge < -0.3 is 4.90 Å². The highest BCUT2D eigenvalue weighted by Crippen LogP contribution is 2.15. The predicted molar refractivity (Wildman–Crippen MR) is 55.3 cm³/mol. The first-order chi connectivity index (χ1) is 6.51. The summed E-state index contributed by atoms with van der Waals surface area (Å²) in [5.41, 5.74) is 0. The molecule has 1 saturated heterocycles. The molecule has 0 radical (unpaired) electrons. The number of likely N-dealkylation sites (tertiary alicyclic amines) is 1. The SMILES string of the molecule is CC=CN1CCC(OS(C)(=O)=O)CC1. The molecule has 0 unspecified atom stereocenters. The van der Waals surface area contributed by atoms with Crippen LogP contribution >= 0.6 is 0 Å². The van der Waals surface area contributed by atoms with Crippen molar-refractivity contribution in [1.29, 1.82) is 0 Å². The minimum absolute atomic E-state index is 0.133. The van der Waals surface area contributed by atoms with Crippen molar-refractivity contribution in [2.45, 2.75) is 25.9 Å². The molecule has 0 amide bonds. The Kier molecular flexibility index (Phi) is 3.95. The Morgan fingerprint density at radius 3 is 2.36 bits per heavy atom. The minimum Gasteiger partial charge on any atom is -0.377 e. The van der Waals surface area contributed by atoms with Crippen LogP contribution in [0.1, 0.15) is 19.8 Å². The van der Waals surface area contributed by atoms with Gasteiger partial charge in [0, 0.05) is 13.1 Å². The first-order valence-corrected chi connectivity index (χ1v) is 6.58. The molecule has 4 nitrogen and oxygen atoms in total. The first-order valence-electron chi connectivity index (χ1n) is 4.76. The lowest BCUT2D eigenvalue weighted by Gasteiger charge is -2.30. The fourth-order valence-electron chi connectivity index (χ4n) is 1.58. The van der Waals surface area contributed by atoms with Crippen molar-refractivity contribution >= 4 is 10.1 Å². The van der Waals surface area contributed by atoms with E-state index in [2.05, 4.69) is 4.90 Å². The van der Waals surface area contributed by atoms with Crippen molar-refractivity contribution in [3.63, 3.8) is 0 Å². The largest absolute Gasteiger partial charge is 0.377 e. The van der Waals surface area contributed by atoms with Crippen molar-refractivity contribution in [1.82, 2.24) is 4.90 Å². The van der Waals surface area contributed by atoms with Gasteiger partial charge in [-0.2, -0.15) is 8.42 Å². The summed E-state index contributed by atoms with van der Waals surface area (Å²) in [6, 6.07) is 0. The zero-order valence-electron chi connectivity index (χ0n) is 8.64. The highest BCUT2D eigenvalue weighted by Gasteiger charge is 2.20. The van der Waals surface area contributed by atoms with Crippen molar-refractivity contribution in [2.75, 3.05) is 19.3 Å².